The molecular formula is C22H22BrN3O4. The second-order valence-corrected chi connectivity index (χ2v) is 7.31. The Morgan fingerprint density at radius 2 is 1.83 bits per heavy atom. The van der Waals surface area contributed by atoms with Gasteiger partial charge in [0.05, 0.1) is 17.2 Å². The van der Waals surface area contributed by atoms with E-state index >= 15 is 0 Å². The Morgan fingerprint density at radius 3 is 2.50 bits per heavy atom. The smallest absolute Gasteiger partial charge is 0.269 e. The maximum Gasteiger partial charge on any atom is 0.269 e. The summed E-state index contributed by atoms with van der Waals surface area (Å²) < 4.78 is 12.6. The molecule has 0 atom stereocenters. The van der Waals surface area contributed by atoms with Gasteiger partial charge in [0.1, 0.15) is 6.61 Å². The molecule has 0 saturated carbocycles. The first kappa shape index (κ1) is 21.7. The first-order valence-corrected chi connectivity index (χ1v) is 10.3. The molecule has 1 heterocycles. The SMILES string of the molecule is CCOc1cc(CNCc2ccccn2)c(Br)cc1OCc1ccc([N+](=O)[O-])cc1. The van der Waals surface area contributed by atoms with Crippen molar-refractivity contribution in [1.82, 2.24) is 10.3 Å². The predicted molar refractivity (Wildman–Crippen MR) is 118 cm³/mol. The average Bonchev–Trinajstić information content (AvgIpc) is 2.76. The number of hydrogen-bond donors (Lipinski definition) is 1. The Balaban J connectivity index is 1.66. The molecule has 0 amide bonds. The number of nitrogens with one attached hydrogen (secondary N) is 1. The number of rotatable bonds is 10. The number of aromatic nitrogens is 1. The molecule has 7 nitrogen and oxygen atoms in total. The van der Waals surface area contributed by atoms with Crippen LogP contribution in [0.5, 0.6) is 11.5 Å². The molecule has 1 N–H and O–H groups in total. The number of benzene rings is 2. The van der Waals surface area contributed by atoms with Crippen LogP contribution in [-0.4, -0.2) is 16.5 Å². The van der Waals surface area contributed by atoms with Crippen molar-refractivity contribution in [2.45, 2.75) is 26.6 Å². The third-order valence-electron chi connectivity index (χ3n) is 4.30. The van der Waals surface area contributed by atoms with Gasteiger partial charge in [-0.2, -0.15) is 0 Å². The fraction of sp³-hybridized carbons (Fsp3) is 0.227. The van der Waals surface area contributed by atoms with Crippen LogP contribution >= 0.6 is 15.9 Å². The lowest BCUT2D eigenvalue weighted by atomic mass is 10.2. The monoisotopic (exact) mass is 471 g/mol. The molecule has 3 aromatic rings. The molecule has 0 aliphatic rings. The fourth-order valence-corrected chi connectivity index (χ4v) is 3.26. The van der Waals surface area contributed by atoms with E-state index in [1.165, 1.54) is 12.1 Å². The number of nitro groups is 1. The number of nitrogens with zero attached hydrogens (tertiary/aromatic N) is 2. The van der Waals surface area contributed by atoms with E-state index in [9.17, 15) is 10.1 Å². The maximum absolute atomic E-state index is 10.8. The second kappa shape index (κ2) is 10.7. The minimum absolute atomic E-state index is 0.0547. The van der Waals surface area contributed by atoms with Crippen molar-refractivity contribution >= 4 is 21.6 Å². The number of ether oxygens (including phenoxy) is 2. The lowest BCUT2D eigenvalue weighted by Crippen LogP contribution is -2.14. The second-order valence-electron chi connectivity index (χ2n) is 6.46. The predicted octanol–water partition coefficient (Wildman–Crippen LogP) is 5.02. The van der Waals surface area contributed by atoms with Crippen molar-refractivity contribution in [3.63, 3.8) is 0 Å². The van der Waals surface area contributed by atoms with Crippen molar-refractivity contribution in [1.29, 1.82) is 0 Å². The summed E-state index contributed by atoms with van der Waals surface area (Å²) in [6.45, 7) is 4.01. The summed E-state index contributed by atoms with van der Waals surface area (Å²) >= 11 is 3.60. The van der Waals surface area contributed by atoms with Crippen LogP contribution in [0.2, 0.25) is 0 Å². The van der Waals surface area contributed by atoms with E-state index in [-0.39, 0.29) is 12.3 Å². The van der Waals surface area contributed by atoms with Gasteiger partial charge in [0.25, 0.3) is 5.69 Å². The Bertz CT molecular complexity index is 982. The van der Waals surface area contributed by atoms with Crippen molar-refractivity contribution in [3.05, 3.63) is 92.2 Å². The van der Waals surface area contributed by atoms with Crippen LogP contribution in [0.25, 0.3) is 0 Å². The molecule has 8 heteroatoms. The Morgan fingerprint density at radius 1 is 1.07 bits per heavy atom. The number of nitro benzene ring substituents is 1. The van der Waals surface area contributed by atoms with Gasteiger partial charge in [0.2, 0.25) is 0 Å². The molecule has 0 unspecified atom stereocenters. The van der Waals surface area contributed by atoms with Gasteiger partial charge in [0, 0.05) is 35.9 Å². The highest BCUT2D eigenvalue weighted by atomic mass is 79.9. The molecular weight excluding hydrogens is 450 g/mol. The molecule has 0 aliphatic carbocycles. The molecule has 30 heavy (non-hydrogen) atoms. The average molecular weight is 472 g/mol. The summed E-state index contributed by atoms with van der Waals surface area (Å²) in [4.78, 5) is 14.7. The Hall–Kier alpha value is -2.97. The van der Waals surface area contributed by atoms with Gasteiger partial charge in [-0.1, -0.05) is 22.0 Å². The van der Waals surface area contributed by atoms with Gasteiger partial charge in [-0.3, -0.25) is 15.1 Å². The van der Waals surface area contributed by atoms with Crippen molar-refractivity contribution in [2.24, 2.45) is 0 Å². The molecule has 0 fully saturated rings. The van der Waals surface area contributed by atoms with Crippen LogP contribution in [0.15, 0.2) is 65.3 Å². The van der Waals surface area contributed by atoms with Crippen LogP contribution in [0.4, 0.5) is 5.69 Å². The quantitative estimate of drug-likeness (QED) is 0.330. The highest BCUT2D eigenvalue weighted by Gasteiger charge is 2.12. The first-order chi connectivity index (χ1) is 14.6. The summed E-state index contributed by atoms with van der Waals surface area (Å²) in [5.74, 6) is 1.26. The van der Waals surface area contributed by atoms with E-state index in [0.29, 0.717) is 31.2 Å². The molecule has 0 saturated heterocycles. The summed E-state index contributed by atoms with van der Waals surface area (Å²) in [5, 5.41) is 14.2. The number of hydrogen-bond acceptors (Lipinski definition) is 6. The Labute approximate surface area is 183 Å². The summed E-state index contributed by atoms with van der Waals surface area (Å²) in [6, 6.07) is 16.0. The van der Waals surface area contributed by atoms with E-state index in [1.54, 1.807) is 18.3 Å². The highest BCUT2D eigenvalue weighted by Crippen LogP contribution is 2.34. The zero-order chi connectivity index (χ0) is 21.3. The largest absolute Gasteiger partial charge is 0.490 e. The molecule has 0 radical (unpaired) electrons. The standard InChI is InChI=1S/C22H22BrN3O4/c1-2-29-21-11-17(13-24-14-18-5-3-4-10-25-18)20(23)12-22(21)30-15-16-6-8-19(9-7-16)26(27)28/h3-12,24H,2,13-15H2,1H3. The molecule has 156 valence electrons. The van der Waals surface area contributed by atoms with Gasteiger partial charge in [-0.15, -0.1) is 0 Å². The van der Waals surface area contributed by atoms with E-state index < -0.39 is 4.92 Å². The molecule has 0 spiro atoms. The molecule has 3 rings (SSSR count). The third-order valence-corrected chi connectivity index (χ3v) is 5.04. The molecule has 1 aromatic heterocycles. The van der Waals surface area contributed by atoms with E-state index in [4.69, 9.17) is 9.47 Å². The lowest BCUT2D eigenvalue weighted by molar-refractivity contribution is -0.384. The van der Waals surface area contributed by atoms with Gasteiger partial charge >= 0.3 is 0 Å². The first-order valence-electron chi connectivity index (χ1n) is 9.48. The minimum Gasteiger partial charge on any atom is -0.490 e. The molecule has 2 aromatic carbocycles. The molecule has 0 bridgehead atoms. The van der Waals surface area contributed by atoms with Crippen LogP contribution < -0.4 is 14.8 Å². The van der Waals surface area contributed by atoms with Crippen molar-refractivity contribution < 1.29 is 14.4 Å². The topological polar surface area (TPSA) is 86.5 Å². The van der Waals surface area contributed by atoms with Crippen molar-refractivity contribution in [3.8, 4) is 11.5 Å². The van der Waals surface area contributed by atoms with Crippen LogP contribution in [-0.2, 0) is 19.7 Å². The van der Waals surface area contributed by atoms with Gasteiger partial charge in [-0.25, -0.2) is 0 Å². The van der Waals surface area contributed by atoms with Crippen LogP contribution in [0, 0.1) is 10.1 Å². The third kappa shape index (κ3) is 6.01. The maximum atomic E-state index is 10.8. The lowest BCUT2D eigenvalue weighted by Gasteiger charge is -2.15. The number of pyridine rings is 1. The zero-order valence-electron chi connectivity index (χ0n) is 16.5. The van der Waals surface area contributed by atoms with Crippen LogP contribution in [0.3, 0.4) is 0 Å². The van der Waals surface area contributed by atoms with Gasteiger partial charge < -0.3 is 14.8 Å². The molecule has 0 aliphatic heterocycles. The van der Waals surface area contributed by atoms with E-state index in [1.807, 2.05) is 37.3 Å². The minimum atomic E-state index is -0.421. The van der Waals surface area contributed by atoms with Crippen LogP contribution in [0.1, 0.15) is 23.7 Å². The van der Waals surface area contributed by atoms with E-state index in [2.05, 4.69) is 26.2 Å². The number of halogens is 1. The fourth-order valence-electron chi connectivity index (χ4n) is 2.80. The number of non-ortho nitro benzene ring substituents is 1. The van der Waals surface area contributed by atoms with E-state index in [0.717, 1.165) is 21.3 Å². The normalized spacial score (nSPS) is 10.6. The highest BCUT2D eigenvalue weighted by molar-refractivity contribution is 9.10. The van der Waals surface area contributed by atoms with Crippen molar-refractivity contribution in [2.75, 3.05) is 6.61 Å². The summed E-state index contributed by atoms with van der Waals surface area (Å²) in [6.07, 6.45) is 1.77. The van der Waals surface area contributed by atoms with Gasteiger partial charge in [0.15, 0.2) is 11.5 Å². The van der Waals surface area contributed by atoms with Gasteiger partial charge in [-0.05, 0) is 54.4 Å². The summed E-state index contributed by atoms with van der Waals surface area (Å²) in [5.41, 5.74) is 2.90. The Kier molecular flexibility index (Phi) is 7.75. The summed E-state index contributed by atoms with van der Waals surface area (Å²) in [7, 11) is 0. The zero-order valence-corrected chi connectivity index (χ0v) is 18.1.